The highest BCUT2D eigenvalue weighted by Crippen LogP contribution is 2.19. The van der Waals surface area contributed by atoms with E-state index in [1.165, 1.54) is 5.56 Å². The summed E-state index contributed by atoms with van der Waals surface area (Å²) in [5, 5.41) is 11.2. The Morgan fingerprint density at radius 2 is 2.07 bits per heavy atom. The van der Waals surface area contributed by atoms with Crippen LogP contribution < -0.4 is 10.6 Å². The molecule has 1 aromatic heterocycles. The Bertz CT molecular complexity index is 673. The van der Waals surface area contributed by atoms with Crippen LogP contribution in [0.5, 0.6) is 0 Å². The molecule has 2 atom stereocenters. The molecule has 0 bridgehead atoms. The first-order valence-electron chi connectivity index (χ1n) is 9.47. The first-order valence-corrected chi connectivity index (χ1v) is 9.47. The molecule has 2 heterocycles. The van der Waals surface area contributed by atoms with Crippen LogP contribution in [0.1, 0.15) is 25.3 Å². The summed E-state index contributed by atoms with van der Waals surface area (Å²) in [6.07, 6.45) is 6.05. The van der Waals surface area contributed by atoms with E-state index in [0.29, 0.717) is 12.1 Å². The lowest BCUT2D eigenvalue weighted by Crippen LogP contribution is -2.51. The van der Waals surface area contributed by atoms with E-state index in [4.69, 9.17) is 0 Å². The van der Waals surface area contributed by atoms with Crippen LogP contribution in [-0.2, 0) is 13.1 Å². The number of hydrogen-bond donors (Lipinski definition) is 2. The van der Waals surface area contributed by atoms with Crippen LogP contribution in [0.2, 0.25) is 0 Å². The molecule has 1 aliphatic rings. The molecular weight excluding hydrogens is 451 g/mol. The van der Waals surface area contributed by atoms with E-state index in [9.17, 15) is 0 Å². The Hall–Kier alpha value is -1.61. The molecule has 2 N–H and O–H groups in total. The molecule has 6 nitrogen and oxygen atoms in total. The Morgan fingerprint density at radius 1 is 1.26 bits per heavy atom. The predicted molar refractivity (Wildman–Crippen MR) is 121 cm³/mol. The zero-order valence-corrected chi connectivity index (χ0v) is 18.5. The van der Waals surface area contributed by atoms with Crippen molar-refractivity contribution in [2.45, 2.75) is 44.9 Å². The van der Waals surface area contributed by atoms with Gasteiger partial charge in [-0.2, -0.15) is 5.10 Å². The summed E-state index contributed by atoms with van der Waals surface area (Å²) in [4.78, 5) is 6.93. The van der Waals surface area contributed by atoms with Crippen molar-refractivity contribution in [3.8, 4) is 0 Å². The minimum Gasteiger partial charge on any atom is -0.355 e. The Balaban J connectivity index is 0.00000261. The average molecular weight is 482 g/mol. The highest BCUT2D eigenvalue weighted by molar-refractivity contribution is 14.0. The molecule has 1 fully saturated rings. The second-order valence-corrected chi connectivity index (χ2v) is 6.94. The van der Waals surface area contributed by atoms with Gasteiger partial charge in [0.2, 0.25) is 0 Å². The molecule has 0 amide bonds. The minimum absolute atomic E-state index is 0. The van der Waals surface area contributed by atoms with Crippen LogP contribution >= 0.6 is 24.0 Å². The SMILES string of the molecule is CN=C(NCCn1cccn1)NC1CCN(Cc2ccccc2)C(C)C1.I. The Morgan fingerprint density at radius 3 is 2.74 bits per heavy atom. The van der Waals surface area contributed by atoms with Crippen LogP contribution in [0.3, 0.4) is 0 Å². The molecule has 0 spiro atoms. The molecule has 0 saturated carbocycles. The maximum Gasteiger partial charge on any atom is 0.191 e. The number of rotatable bonds is 6. The van der Waals surface area contributed by atoms with Gasteiger partial charge in [-0.15, -0.1) is 24.0 Å². The van der Waals surface area contributed by atoms with Crippen LogP contribution in [0.15, 0.2) is 53.8 Å². The summed E-state index contributed by atoms with van der Waals surface area (Å²) in [6, 6.07) is 13.7. The number of nitrogens with zero attached hydrogens (tertiary/aromatic N) is 4. The number of halogens is 1. The zero-order valence-electron chi connectivity index (χ0n) is 16.2. The summed E-state index contributed by atoms with van der Waals surface area (Å²) in [7, 11) is 1.83. The third-order valence-electron chi connectivity index (χ3n) is 5.00. The van der Waals surface area contributed by atoms with E-state index in [-0.39, 0.29) is 24.0 Å². The van der Waals surface area contributed by atoms with Crippen molar-refractivity contribution in [2.75, 3.05) is 20.1 Å². The fraction of sp³-hybridized carbons (Fsp3) is 0.500. The third kappa shape index (κ3) is 6.80. The molecule has 1 aromatic carbocycles. The lowest BCUT2D eigenvalue weighted by molar-refractivity contribution is 0.134. The normalized spacial score (nSPS) is 20.7. The molecule has 27 heavy (non-hydrogen) atoms. The predicted octanol–water partition coefficient (Wildman–Crippen LogP) is 2.72. The fourth-order valence-electron chi connectivity index (χ4n) is 3.51. The smallest absolute Gasteiger partial charge is 0.191 e. The van der Waals surface area contributed by atoms with E-state index in [1.807, 2.05) is 24.0 Å². The lowest BCUT2D eigenvalue weighted by Gasteiger charge is -2.38. The van der Waals surface area contributed by atoms with Gasteiger partial charge < -0.3 is 10.6 Å². The van der Waals surface area contributed by atoms with Crippen molar-refractivity contribution in [2.24, 2.45) is 4.99 Å². The van der Waals surface area contributed by atoms with E-state index >= 15 is 0 Å². The van der Waals surface area contributed by atoms with Crippen LogP contribution in [0.25, 0.3) is 0 Å². The number of piperidine rings is 1. The molecule has 7 heteroatoms. The number of aliphatic imine (C=N–C) groups is 1. The zero-order chi connectivity index (χ0) is 18.2. The second kappa shape index (κ2) is 11.3. The highest BCUT2D eigenvalue weighted by atomic mass is 127. The third-order valence-corrected chi connectivity index (χ3v) is 5.00. The fourth-order valence-corrected chi connectivity index (χ4v) is 3.51. The average Bonchev–Trinajstić information content (AvgIpc) is 3.17. The monoisotopic (exact) mass is 482 g/mol. The molecule has 1 saturated heterocycles. The van der Waals surface area contributed by atoms with Crippen LogP contribution in [0, 0.1) is 0 Å². The topological polar surface area (TPSA) is 57.5 Å². The lowest BCUT2D eigenvalue weighted by atomic mass is 9.97. The summed E-state index contributed by atoms with van der Waals surface area (Å²) in [5.41, 5.74) is 1.39. The molecule has 2 aromatic rings. The van der Waals surface area contributed by atoms with Crippen LogP contribution in [-0.4, -0.2) is 52.9 Å². The number of nitrogens with one attached hydrogen (secondary N) is 2. The van der Waals surface area contributed by atoms with Gasteiger partial charge >= 0.3 is 0 Å². The van der Waals surface area contributed by atoms with E-state index in [2.05, 4.69) is 62.9 Å². The van der Waals surface area contributed by atoms with Crippen molar-refractivity contribution >= 4 is 29.9 Å². The number of guanidine groups is 1. The molecule has 148 valence electrons. The first-order chi connectivity index (χ1) is 12.7. The van der Waals surface area contributed by atoms with Gasteiger partial charge in [0, 0.05) is 51.2 Å². The molecular formula is C20H31IN6. The van der Waals surface area contributed by atoms with Crippen molar-refractivity contribution in [3.63, 3.8) is 0 Å². The van der Waals surface area contributed by atoms with Crippen molar-refractivity contribution in [3.05, 3.63) is 54.4 Å². The van der Waals surface area contributed by atoms with E-state index < -0.39 is 0 Å². The van der Waals surface area contributed by atoms with Gasteiger partial charge in [-0.3, -0.25) is 14.6 Å². The largest absolute Gasteiger partial charge is 0.355 e. The Labute approximate surface area is 179 Å². The molecule has 0 radical (unpaired) electrons. The molecule has 1 aliphatic heterocycles. The summed E-state index contributed by atoms with van der Waals surface area (Å²) < 4.78 is 1.92. The van der Waals surface area contributed by atoms with Gasteiger partial charge in [-0.05, 0) is 31.4 Å². The second-order valence-electron chi connectivity index (χ2n) is 6.94. The van der Waals surface area contributed by atoms with Gasteiger partial charge in [0.15, 0.2) is 5.96 Å². The Kier molecular flexibility index (Phi) is 9.06. The maximum absolute atomic E-state index is 4.36. The van der Waals surface area contributed by atoms with Gasteiger partial charge in [-0.25, -0.2) is 0 Å². The van der Waals surface area contributed by atoms with Crippen molar-refractivity contribution in [1.82, 2.24) is 25.3 Å². The van der Waals surface area contributed by atoms with Crippen molar-refractivity contribution < 1.29 is 0 Å². The maximum atomic E-state index is 4.36. The first kappa shape index (κ1) is 21.7. The molecule has 0 aliphatic carbocycles. The minimum atomic E-state index is 0. The summed E-state index contributed by atoms with van der Waals surface area (Å²) in [5.74, 6) is 0.880. The van der Waals surface area contributed by atoms with E-state index in [1.54, 1.807) is 6.20 Å². The van der Waals surface area contributed by atoms with Gasteiger partial charge in [0.05, 0.1) is 6.54 Å². The number of hydrogen-bond acceptors (Lipinski definition) is 3. The molecule has 3 rings (SSSR count). The number of likely N-dealkylation sites (tertiary alicyclic amines) is 1. The number of aromatic nitrogens is 2. The van der Waals surface area contributed by atoms with E-state index in [0.717, 1.165) is 45.0 Å². The van der Waals surface area contributed by atoms with Gasteiger partial charge in [0.25, 0.3) is 0 Å². The summed E-state index contributed by atoms with van der Waals surface area (Å²) >= 11 is 0. The van der Waals surface area contributed by atoms with Gasteiger partial charge in [-0.1, -0.05) is 30.3 Å². The standard InChI is InChI=1S/C20H30N6.HI/c1-17-15-19(9-13-25(17)16-18-7-4-3-5-8-18)24-20(21-2)22-11-14-26-12-6-10-23-26;/h3-8,10,12,17,19H,9,11,13-16H2,1-2H3,(H2,21,22,24);1H. The number of benzene rings is 1. The highest BCUT2D eigenvalue weighted by Gasteiger charge is 2.25. The van der Waals surface area contributed by atoms with Crippen molar-refractivity contribution in [1.29, 1.82) is 0 Å². The quantitative estimate of drug-likeness (QED) is 0.378. The van der Waals surface area contributed by atoms with Crippen LogP contribution in [0.4, 0.5) is 0 Å². The molecule has 2 unspecified atom stereocenters. The summed E-state index contributed by atoms with van der Waals surface area (Å²) in [6.45, 7) is 6.11. The van der Waals surface area contributed by atoms with Gasteiger partial charge in [0.1, 0.15) is 0 Å².